The summed E-state index contributed by atoms with van der Waals surface area (Å²) in [6.45, 7) is 1.89. The fourth-order valence-electron chi connectivity index (χ4n) is 1.98. The Morgan fingerprint density at radius 2 is 1.90 bits per heavy atom. The van der Waals surface area contributed by atoms with Gasteiger partial charge in [0.15, 0.2) is 0 Å². The molecule has 2 nitrogen and oxygen atoms in total. The molecule has 110 valence electrons. The van der Waals surface area contributed by atoms with Gasteiger partial charge in [-0.25, -0.2) is 0 Å². The molecule has 0 saturated heterocycles. The summed E-state index contributed by atoms with van der Waals surface area (Å²) in [6, 6.07) is 14.8. The summed E-state index contributed by atoms with van der Waals surface area (Å²) in [5, 5.41) is 3.37. The van der Waals surface area contributed by atoms with Crippen molar-refractivity contribution in [2.45, 2.75) is 12.5 Å². The predicted octanol–water partition coefficient (Wildman–Crippen LogP) is 4.99. The third kappa shape index (κ3) is 3.79. The van der Waals surface area contributed by atoms with Crippen LogP contribution in [-0.4, -0.2) is 11.8 Å². The lowest BCUT2D eigenvalue weighted by atomic mass is 9.93. The van der Waals surface area contributed by atoms with Crippen LogP contribution in [0.15, 0.2) is 53.0 Å². The highest BCUT2D eigenvalue weighted by Crippen LogP contribution is 2.25. The van der Waals surface area contributed by atoms with E-state index in [0.717, 1.165) is 10.0 Å². The van der Waals surface area contributed by atoms with Crippen molar-refractivity contribution in [2.24, 2.45) is 0 Å². The van der Waals surface area contributed by atoms with Gasteiger partial charge in [-0.15, -0.1) is 11.6 Å². The summed E-state index contributed by atoms with van der Waals surface area (Å²) in [6.07, 6.45) is 0. The average molecular weight is 387 g/mol. The Morgan fingerprint density at radius 3 is 2.52 bits per heavy atom. The minimum atomic E-state index is -0.661. The van der Waals surface area contributed by atoms with E-state index in [1.807, 2.05) is 37.3 Å². The first kappa shape index (κ1) is 16.3. The molecule has 0 radical (unpaired) electrons. The van der Waals surface area contributed by atoms with Crippen molar-refractivity contribution in [2.75, 3.05) is 5.88 Å². The maximum Gasteiger partial charge on any atom is 0.253 e. The van der Waals surface area contributed by atoms with E-state index in [0.29, 0.717) is 10.6 Å². The van der Waals surface area contributed by atoms with E-state index in [1.165, 1.54) is 0 Å². The van der Waals surface area contributed by atoms with Gasteiger partial charge >= 0.3 is 0 Å². The van der Waals surface area contributed by atoms with Crippen LogP contribution in [0.1, 0.15) is 22.8 Å². The first-order valence-electron chi connectivity index (χ1n) is 6.35. The second-order valence-electron chi connectivity index (χ2n) is 4.91. The molecule has 0 spiro atoms. The molecule has 0 bridgehead atoms. The molecule has 2 aromatic rings. The molecule has 1 unspecified atom stereocenters. The Bertz CT molecular complexity index is 648. The Morgan fingerprint density at radius 1 is 1.24 bits per heavy atom. The van der Waals surface area contributed by atoms with Crippen molar-refractivity contribution in [3.8, 4) is 0 Å². The third-order valence-corrected chi connectivity index (χ3v) is 4.60. The average Bonchev–Trinajstić information content (AvgIpc) is 2.50. The molecular weight excluding hydrogens is 373 g/mol. The largest absolute Gasteiger partial charge is 0.342 e. The summed E-state index contributed by atoms with van der Waals surface area (Å²) in [5.41, 5.74) is 0.698. The standard InChI is InChI=1S/C16H14BrCl2NO/c1-16(10-18,11-5-3-2-4-6-11)20-15(21)13-9-12(17)7-8-14(13)19/h2-9H,10H2,1H3,(H,20,21). The first-order valence-corrected chi connectivity index (χ1v) is 8.06. The van der Waals surface area contributed by atoms with Crippen molar-refractivity contribution in [3.05, 3.63) is 69.2 Å². The summed E-state index contributed by atoms with van der Waals surface area (Å²) in [5.74, 6) is 0.00211. The highest BCUT2D eigenvalue weighted by molar-refractivity contribution is 9.10. The fraction of sp³-hybridized carbons (Fsp3) is 0.188. The molecule has 1 N–H and O–H groups in total. The van der Waals surface area contributed by atoms with Crippen LogP contribution in [0.4, 0.5) is 0 Å². The normalized spacial score (nSPS) is 13.5. The molecule has 2 aromatic carbocycles. The number of hydrogen-bond donors (Lipinski definition) is 1. The number of carbonyl (C=O) groups excluding carboxylic acids is 1. The highest BCUT2D eigenvalue weighted by Gasteiger charge is 2.28. The van der Waals surface area contributed by atoms with Crippen molar-refractivity contribution in [1.29, 1.82) is 0 Å². The summed E-state index contributed by atoms with van der Waals surface area (Å²) >= 11 is 15.5. The summed E-state index contributed by atoms with van der Waals surface area (Å²) in [4.78, 5) is 12.5. The zero-order valence-corrected chi connectivity index (χ0v) is 14.5. The van der Waals surface area contributed by atoms with Crippen LogP contribution in [0.5, 0.6) is 0 Å². The van der Waals surface area contributed by atoms with Gasteiger partial charge in [-0.2, -0.15) is 0 Å². The number of alkyl halides is 1. The van der Waals surface area contributed by atoms with E-state index in [1.54, 1.807) is 18.2 Å². The molecule has 5 heteroatoms. The number of rotatable bonds is 4. The van der Waals surface area contributed by atoms with Crippen molar-refractivity contribution >= 4 is 45.0 Å². The zero-order valence-electron chi connectivity index (χ0n) is 11.4. The Kier molecular flexibility index (Phi) is 5.31. The van der Waals surface area contributed by atoms with Crippen LogP contribution in [-0.2, 0) is 5.54 Å². The van der Waals surface area contributed by atoms with E-state index in [9.17, 15) is 4.79 Å². The number of amides is 1. The molecule has 0 aliphatic carbocycles. The number of halogens is 3. The predicted molar refractivity (Wildman–Crippen MR) is 91.1 cm³/mol. The quantitative estimate of drug-likeness (QED) is 0.737. The molecule has 1 amide bonds. The van der Waals surface area contributed by atoms with E-state index in [4.69, 9.17) is 23.2 Å². The van der Waals surface area contributed by atoms with Gasteiger partial charge in [0.2, 0.25) is 0 Å². The second kappa shape index (κ2) is 6.82. The Balaban J connectivity index is 2.30. The smallest absolute Gasteiger partial charge is 0.253 e. The third-order valence-electron chi connectivity index (χ3n) is 3.24. The van der Waals surface area contributed by atoms with Crippen LogP contribution in [0.25, 0.3) is 0 Å². The van der Waals surface area contributed by atoms with E-state index in [2.05, 4.69) is 21.2 Å². The first-order chi connectivity index (χ1) is 9.96. The number of carbonyl (C=O) groups is 1. The Hall–Kier alpha value is -1.03. The zero-order chi connectivity index (χ0) is 15.5. The van der Waals surface area contributed by atoms with Crippen LogP contribution in [0, 0.1) is 0 Å². The molecule has 0 aromatic heterocycles. The minimum absolute atomic E-state index is 0.256. The number of benzene rings is 2. The van der Waals surface area contributed by atoms with E-state index >= 15 is 0 Å². The van der Waals surface area contributed by atoms with Crippen LogP contribution >= 0.6 is 39.1 Å². The molecule has 2 rings (SSSR count). The van der Waals surface area contributed by atoms with Crippen LogP contribution in [0.2, 0.25) is 5.02 Å². The number of hydrogen-bond acceptors (Lipinski definition) is 1. The SMILES string of the molecule is CC(CCl)(NC(=O)c1cc(Br)ccc1Cl)c1ccccc1. The van der Waals surface area contributed by atoms with Crippen molar-refractivity contribution in [1.82, 2.24) is 5.32 Å². The summed E-state index contributed by atoms with van der Waals surface area (Å²) in [7, 11) is 0. The van der Waals surface area contributed by atoms with Gasteiger partial charge in [0.05, 0.1) is 16.1 Å². The monoisotopic (exact) mass is 385 g/mol. The van der Waals surface area contributed by atoms with Gasteiger partial charge in [-0.1, -0.05) is 57.9 Å². The van der Waals surface area contributed by atoms with Crippen molar-refractivity contribution < 1.29 is 4.79 Å². The summed E-state index contributed by atoms with van der Waals surface area (Å²) < 4.78 is 0.796. The second-order valence-corrected chi connectivity index (χ2v) is 6.50. The van der Waals surface area contributed by atoms with Gasteiger partial charge < -0.3 is 5.32 Å². The van der Waals surface area contributed by atoms with Gasteiger partial charge in [-0.3, -0.25) is 4.79 Å². The van der Waals surface area contributed by atoms with Crippen LogP contribution < -0.4 is 5.32 Å². The molecular formula is C16H14BrCl2NO. The topological polar surface area (TPSA) is 29.1 Å². The van der Waals surface area contributed by atoms with E-state index in [-0.39, 0.29) is 11.8 Å². The lowest BCUT2D eigenvalue weighted by Crippen LogP contribution is -2.45. The molecule has 21 heavy (non-hydrogen) atoms. The molecule has 0 heterocycles. The fourth-order valence-corrected chi connectivity index (χ4v) is 2.76. The van der Waals surface area contributed by atoms with Gasteiger partial charge in [0, 0.05) is 10.4 Å². The van der Waals surface area contributed by atoms with Crippen LogP contribution in [0.3, 0.4) is 0 Å². The van der Waals surface area contributed by atoms with Gasteiger partial charge in [-0.05, 0) is 30.7 Å². The number of nitrogens with one attached hydrogen (secondary N) is 1. The molecule has 1 atom stereocenters. The minimum Gasteiger partial charge on any atom is -0.342 e. The molecule has 0 saturated carbocycles. The lowest BCUT2D eigenvalue weighted by molar-refractivity contribution is 0.0913. The molecule has 0 aliphatic heterocycles. The van der Waals surface area contributed by atoms with E-state index < -0.39 is 5.54 Å². The highest BCUT2D eigenvalue weighted by atomic mass is 79.9. The van der Waals surface area contributed by atoms with Crippen molar-refractivity contribution in [3.63, 3.8) is 0 Å². The Labute approximate surface area is 142 Å². The molecule has 0 aliphatic rings. The maximum atomic E-state index is 12.5. The van der Waals surface area contributed by atoms with Gasteiger partial charge in [0.1, 0.15) is 0 Å². The maximum absolute atomic E-state index is 12.5. The lowest BCUT2D eigenvalue weighted by Gasteiger charge is -2.29. The molecule has 0 fully saturated rings. The van der Waals surface area contributed by atoms with Gasteiger partial charge in [0.25, 0.3) is 5.91 Å².